The molecule has 0 amide bonds. The zero-order valence-corrected chi connectivity index (χ0v) is 7.03. The normalized spacial score (nSPS) is 10.5. The van der Waals surface area contributed by atoms with Gasteiger partial charge in [0.1, 0.15) is 5.69 Å². The molecule has 0 fully saturated rings. The van der Waals surface area contributed by atoms with Crippen molar-refractivity contribution < 1.29 is 9.90 Å². The van der Waals surface area contributed by atoms with Crippen LogP contribution < -0.4 is 0 Å². The number of carboxylic acids is 1. The minimum absolute atomic E-state index is 0.216. The molecule has 0 unspecified atom stereocenters. The third-order valence-electron chi connectivity index (χ3n) is 2.01. The number of carboxylic acid groups (broad SMARTS) is 1. The maximum absolute atomic E-state index is 10.7. The minimum atomic E-state index is -0.949. The lowest BCUT2D eigenvalue weighted by atomic mass is 10.2. The van der Waals surface area contributed by atoms with E-state index in [2.05, 4.69) is 9.97 Å². The van der Waals surface area contributed by atoms with Crippen LogP contribution >= 0.6 is 0 Å². The largest absolute Gasteiger partial charge is 0.477 e. The molecule has 0 aliphatic carbocycles. The van der Waals surface area contributed by atoms with E-state index in [4.69, 9.17) is 5.11 Å². The van der Waals surface area contributed by atoms with E-state index in [1.165, 1.54) is 0 Å². The standard InChI is InChI=1S/C9H8N2O2/c1-5-7-6(3-2-4-10-7)11-8(5)9(12)13/h2-4,11H,1H3,(H,12,13). The second-order valence-electron chi connectivity index (χ2n) is 2.83. The van der Waals surface area contributed by atoms with Gasteiger partial charge in [0.2, 0.25) is 0 Å². The Morgan fingerprint density at radius 2 is 2.38 bits per heavy atom. The van der Waals surface area contributed by atoms with E-state index in [1.54, 1.807) is 19.2 Å². The highest BCUT2D eigenvalue weighted by Gasteiger charge is 2.13. The lowest BCUT2D eigenvalue weighted by Gasteiger charge is -1.89. The maximum atomic E-state index is 10.7. The van der Waals surface area contributed by atoms with Gasteiger partial charge in [0.05, 0.1) is 11.0 Å². The fourth-order valence-corrected chi connectivity index (χ4v) is 1.37. The molecule has 0 aliphatic rings. The van der Waals surface area contributed by atoms with Crippen molar-refractivity contribution in [1.29, 1.82) is 0 Å². The number of H-pyrrole nitrogens is 1. The number of aromatic carboxylic acids is 1. The molecule has 4 heteroatoms. The van der Waals surface area contributed by atoms with Crippen LogP contribution in [0, 0.1) is 6.92 Å². The van der Waals surface area contributed by atoms with E-state index >= 15 is 0 Å². The molecule has 13 heavy (non-hydrogen) atoms. The van der Waals surface area contributed by atoms with Gasteiger partial charge in [-0.15, -0.1) is 0 Å². The average Bonchev–Trinajstić information content (AvgIpc) is 2.45. The zero-order valence-electron chi connectivity index (χ0n) is 7.03. The topological polar surface area (TPSA) is 66.0 Å². The highest BCUT2D eigenvalue weighted by atomic mass is 16.4. The first kappa shape index (κ1) is 7.79. The molecule has 2 N–H and O–H groups in total. The highest BCUT2D eigenvalue weighted by Crippen LogP contribution is 2.18. The van der Waals surface area contributed by atoms with Crippen LogP contribution in [0.2, 0.25) is 0 Å². The Morgan fingerprint density at radius 1 is 1.62 bits per heavy atom. The monoisotopic (exact) mass is 176 g/mol. The zero-order chi connectivity index (χ0) is 9.42. The fourth-order valence-electron chi connectivity index (χ4n) is 1.37. The molecule has 2 heterocycles. The summed E-state index contributed by atoms with van der Waals surface area (Å²) < 4.78 is 0. The van der Waals surface area contributed by atoms with Gasteiger partial charge in [-0.3, -0.25) is 4.98 Å². The van der Waals surface area contributed by atoms with Crippen molar-refractivity contribution in [2.75, 3.05) is 0 Å². The fraction of sp³-hybridized carbons (Fsp3) is 0.111. The molecule has 66 valence electrons. The number of rotatable bonds is 1. The van der Waals surface area contributed by atoms with Crippen LogP contribution in [0.5, 0.6) is 0 Å². The number of hydrogen-bond donors (Lipinski definition) is 2. The van der Waals surface area contributed by atoms with Crippen molar-refractivity contribution in [2.24, 2.45) is 0 Å². The van der Waals surface area contributed by atoms with Gasteiger partial charge in [-0.05, 0) is 19.1 Å². The molecule has 2 aromatic heterocycles. The Bertz CT molecular complexity index is 473. The molecule has 0 bridgehead atoms. The first-order chi connectivity index (χ1) is 6.20. The van der Waals surface area contributed by atoms with Crippen molar-refractivity contribution in [1.82, 2.24) is 9.97 Å². The van der Waals surface area contributed by atoms with Gasteiger partial charge in [0.15, 0.2) is 0 Å². The quantitative estimate of drug-likeness (QED) is 0.693. The summed E-state index contributed by atoms with van der Waals surface area (Å²) in [5, 5.41) is 8.81. The Balaban J connectivity index is 2.81. The minimum Gasteiger partial charge on any atom is -0.477 e. The molecular weight excluding hydrogens is 168 g/mol. The summed E-state index contributed by atoms with van der Waals surface area (Å²) in [6, 6.07) is 3.58. The number of nitrogens with one attached hydrogen (secondary N) is 1. The van der Waals surface area contributed by atoms with Gasteiger partial charge in [-0.1, -0.05) is 0 Å². The van der Waals surface area contributed by atoms with Gasteiger partial charge in [0, 0.05) is 11.8 Å². The summed E-state index contributed by atoms with van der Waals surface area (Å²) >= 11 is 0. The molecule has 0 saturated carbocycles. The van der Waals surface area contributed by atoms with Crippen LogP contribution in [0.15, 0.2) is 18.3 Å². The summed E-state index contributed by atoms with van der Waals surface area (Å²) in [5.41, 5.74) is 2.38. The van der Waals surface area contributed by atoms with E-state index in [1.807, 2.05) is 6.07 Å². The van der Waals surface area contributed by atoms with Crippen molar-refractivity contribution in [3.63, 3.8) is 0 Å². The number of pyridine rings is 1. The lowest BCUT2D eigenvalue weighted by molar-refractivity contribution is 0.0691. The van der Waals surface area contributed by atoms with Gasteiger partial charge in [-0.2, -0.15) is 0 Å². The summed E-state index contributed by atoms with van der Waals surface area (Å²) in [5.74, 6) is -0.949. The van der Waals surface area contributed by atoms with E-state index in [0.717, 1.165) is 11.0 Å². The molecule has 0 aromatic carbocycles. The number of aryl methyl sites for hydroxylation is 1. The Morgan fingerprint density at radius 3 is 3.00 bits per heavy atom. The number of aromatic nitrogens is 2. The number of aromatic amines is 1. The average molecular weight is 176 g/mol. The smallest absolute Gasteiger partial charge is 0.352 e. The molecule has 4 nitrogen and oxygen atoms in total. The molecule has 0 atom stereocenters. The van der Waals surface area contributed by atoms with Crippen molar-refractivity contribution in [3.8, 4) is 0 Å². The van der Waals surface area contributed by atoms with Crippen LogP contribution in [-0.4, -0.2) is 21.0 Å². The van der Waals surface area contributed by atoms with Crippen molar-refractivity contribution in [3.05, 3.63) is 29.6 Å². The molecule has 2 rings (SSSR count). The first-order valence-corrected chi connectivity index (χ1v) is 3.86. The van der Waals surface area contributed by atoms with Crippen LogP contribution in [0.1, 0.15) is 16.1 Å². The predicted octanol–water partition coefficient (Wildman–Crippen LogP) is 1.57. The number of nitrogens with zero attached hydrogens (tertiary/aromatic N) is 1. The van der Waals surface area contributed by atoms with Gasteiger partial charge < -0.3 is 10.1 Å². The van der Waals surface area contributed by atoms with Crippen LogP contribution in [-0.2, 0) is 0 Å². The second-order valence-corrected chi connectivity index (χ2v) is 2.83. The van der Waals surface area contributed by atoms with Crippen LogP contribution in [0.4, 0.5) is 0 Å². The van der Waals surface area contributed by atoms with Gasteiger partial charge in [0.25, 0.3) is 0 Å². The van der Waals surface area contributed by atoms with Crippen LogP contribution in [0.3, 0.4) is 0 Å². The number of fused-ring (bicyclic) bond motifs is 1. The molecule has 2 aromatic rings. The van der Waals surface area contributed by atoms with E-state index in [0.29, 0.717) is 5.56 Å². The molecule has 0 aliphatic heterocycles. The molecule has 0 saturated heterocycles. The number of carbonyl (C=O) groups is 1. The third kappa shape index (κ3) is 1.07. The lowest BCUT2D eigenvalue weighted by Crippen LogP contribution is -1.98. The van der Waals surface area contributed by atoms with E-state index in [-0.39, 0.29) is 5.69 Å². The molecular formula is C9H8N2O2. The van der Waals surface area contributed by atoms with E-state index in [9.17, 15) is 4.79 Å². The summed E-state index contributed by atoms with van der Waals surface area (Å²) in [7, 11) is 0. The van der Waals surface area contributed by atoms with Crippen molar-refractivity contribution >= 4 is 17.0 Å². The number of hydrogen-bond acceptors (Lipinski definition) is 2. The van der Waals surface area contributed by atoms with Gasteiger partial charge >= 0.3 is 5.97 Å². The van der Waals surface area contributed by atoms with Gasteiger partial charge in [-0.25, -0.2) is 4.79 Å². The molecule has 0 radical (unpaired) electrons. The predicted molar refractivity (Wildman–Crippen MR) is 47.8 cm³/mol. The Labute approximate surface area is 74.2 Å². The maximum Gasteiger partial charge on any atom is 0.352 e. The molecule has 0 spiro atoms. The van der Waals surface area contributed by atoms with E-state index < -0.39 is 5.97 Å². The first-order valence-electron chi connectivity index (χ1n) is 3.86. The summed E-state index contributed by atoms with van der Waals surface area (Å²) in [6.45, 7) is 1.75. The third-order valence-corrected chi connectivity index (χ3v) is 2.01. The Kier molecular flexibility index (Phi) is 1.55. The SMILES string of the molecule is Cc1c(C(=O)O)[nH]c2cccnc12. The highest BCUT2D eigenvalue weighted by molar-refractivity contribution is 5.95. The van der Waals surface area contributed by atoms with Crippen LogP contribution in [0.25, 0.3) is 11.0 Å². The second kappa shape index (κ2) is 2.58. The Hall–Kier alpha value is -1.84. The van der Waals surface area contributed by atoms with Crippen molar-refractivity contribution in [2.45, 2.75) is 6.92 Å². The summed E-state index contributed by atoms with van der Waals surface area (Å²) in [4.78, 5) is 17.6. The summed E-state index contributed by atoms with van der Waals surface area (Å²) in [6.07, 6.45) is 1.65.